The fourth-order valence-corrected chi connectivity index (χ4v) is 5.25. The normalized spacial score (nSPS) is 12.9. The molecule has 186 valence electrons. The predicted molar refractivity (Wildman–Crippen MR) is 110 cm³/mol. The van der Waals surface area contributed by atoms with E-state index in [9.17, 15) is 39.6 Å². The number of amides is 1. The van der Waals surface area contributed by atoms with Gasteiger partial charge in [-0.3, -0.25) is 9.78 Å². The van der Waals surface area contributed by atoms with Crippen molar-refractivity contribution >= 4 is 15.7 Å². The molecule has 1 heterocycles. The standard InChI is InChI=1S/C22H16F6N2O4S/c1-11-8-17(21(32)30-10-31)29-9-14(11)20(18-15(23)6-7-16(24)19(18)25)35(33,34)13-4-2-12(3-5-13)22(26,27)28/h2-9,20,31H,10H2,1H3,(H,30,32). The number of hydrogen-bond acceptors (Lipinski definition) is 5. The number of aryl methyl sites for hydroxylation is 1. The first-order chi connectivity index (χ1) is 16.3. The molecule has 0 spiro atoms. The van der Waals surface area contributed by atoms with Crippen molar-refractivity contribution in [2.75, 3.05) is 6.73 Å². The summed E-state index contributed by atoms with van der Waals surface area (Å²) in [6.45, 7) is 0.559. The van der Waals surface area contributed by atoms with E-state index in [2.05, 4.69) is 4.98 Å². The molecular weight excluding hydrogens is 502 g/mol. The van der Waals surface area contributed by atoms with E-state index in [0.717, 1.165) is 12.3 Å². The Morgan fingerprint density at radius 2 is 1.66 bits per heavy atom. The third kappa shape index (κ3) is 5.15. The van der Waals surface area contributed by atoms with E-state index in [1.807, 2.05) is 5.32 Å². The number of aliphatic hydroxyl groups excluding tert-OH is 1. The topological polar surface area (TPSA) is 96.4 Å². The van der Waals surface area contributed by atoms with E-state index in [4.69, 9.17) is 5.11 Å². The first-order valence-electron chi connectivity index (χ1n) is 9.69. The zero-order valence-corrected chi connectivity index (χ0v) is 18.5. The largest absolute Gasteiger partial charge is 0.416 e. The SMILES string of the molecule is Cc1cc(C(=O)NCO)ncc1C(c1c(F)ccc(F)c1F)S(=O)(=O)c1ccc(C(F)(F)F)cc1. The summed E-state index contributed by atoms with van der Waals surface area (Å²) in [5, 5.41) is 8.60. The number of carbonyl (C=O) groups is 1. The number of sulfone groups is 1. The van der Waals surface area contributed by atoms with Gasteiger partial charge in [0, 0.05) is 11.8 Å². The number of benzene rings is 2. The molecule has 0 aliphatic heterocycles. The second kappa shape index (κ2) is 9.66. The Hall–Kier alpha value is -3.45. The molecule has 0 saturated carbocycles. The second-order valence-electron chi connectivity index (χ2n) is 7.29. The molecule has 3 rings (SSSR count). The van der Waals surface area contributed by atoms with Crippen LogP contribution < -0.4 is 5.32 Å². The van der Waals surface area contributed by atoms with Gasteiger partial charge in [-0.05, 0) is 60.5 Å². The van der Waals surface area contributed by atoms with Gasteiger partial charge >= 0.3 is 6.18 Å². The van der Waals surface area contributed by atoms with Gasteiger partial charge in [0.05, 0.1) is 10.5 Å². The fraction of sp³-hybridized carbons (Fsp3) is 0.182. The first-order valence-corrected chi connectivity index (χ1v) is 11.2. The summed E-state index contributed by atoms with van der Waals surface area (Å²) in [5.41, 5.74) is -3.00. The van der Waals surface area contributed by atoms with Gasteiger partial charge in [-0.25, -0.2) is 21.6 Å². The Labute approximate surface area is 195 Å². The number of carbonyl (C=O) groups excluding carboxylic acids is 1. The third-order valence-electron chi connectivity index (χ3n) is 5.07. The molecule has 3 aromatic rings. The molecule has 1 aromatic heterocycles. The molecule has 0 radical (unpaired) electrons. The second-order valence-corrected chi connectivity index (χ2v) is 9.33. The van der Waals surface area contributed by atoms with Gasteiger partial charge in [0.25, 0.3) is 5.91 Å². The summed E-state index contributed by atoms with van der Waals surface area (Å²) < 4.78 is 109. The van der Waals surface area contributed by atoms with Crippen molar-refractivity contribution in [3.05, 3.63) is 94.1 Å². The minimum absolute atomic E-state index is 0.00774. The highest BCUT2D eigenvalue weighted by Crippen LogP contribution is 2.40. The predicted octanol–water partition coefficient (Wildman–Crippen LogP) is 4.07. The number of aliphatic hydroxyl groups is 1. The number of alkyl halides is 3. The average Bonchev–Trinajstić information content (AvgIpc) is 2.79. The van der Waals surface area contributed by atoms with E-state index >= 15 is 0 Å². The molecule has 0 aliphatic carbocycles. The van der Waals surface area contributed by atoms with Crippen molar-refractivity contribution < 1.29 is 44.7 Å². The van der Waals surface area contributed by atoms with Crippen LogP contribution >= 0.6 is 0 Å². The lowest BCUT2D eigenvalue weighted by atomic mass is 10.00. The number of nitrogens with one attached hydrogen (secondary N) is 1. The molecule has 13 heteroatoms. The number of aromatic nitrogens is 1. The quantitative estimate of drug-likeness (QED) is 0.292. The summed E-state index contributed by atoms with van der Waals surface area (Å²) in [6.07, 6.45) is -3.94. The van der Waals surface area contributed by atoms with Crippen LogP contribution in [0.1, 0.15) is 38.0 Å². The maximum atomic E-state index is 14.8. The van der Waals surface area contributed by atoms with Gasteiger partial charge in [0.15, 0.2) is 21.5 Å². The van der Waals surface area contributed by atoms with E-state index in [1.165, 1.54) is 6.92 Å². The Morgan fingerprint density at radius 1 is 1.06 bits per heavy atom. The van der Waals surface area contributed by atoms with Crippen LogP contribution in [0.3, 0.4) is 0 Å². The maximum absolute atomic E-state index is 14.8. The van der Waals surface area contributed by atoms with Crippen LogP contribution in [0.5, 0.6) is 0 Å². The van der Waals surface area contributed by atoms with Crippen LogP contribution in [0.2, 0.25) is 0 Å². The van der Waals surface area contributed by atoms with Crippen LogP contribution in [0.4, 0.5) is 26.3 Å². The Morgan fingerprint density at radius 3 is 2.20 bits per heavy atom. The van der Waals surface area contributed by atoms with Crippen LogP contribution in [0.15, 0.2) is 53.6 Å². The molecule has 6 nitrogen and oxygen atoms in total. The van der Waals surface area contributed by atoms with Crippen molar-refractivity contribution in [2.45, 2.75) is 23.2 Å². The summed E-state index contributed by atoms with van der Waals surface area (Å²) in [6, 6.07) is 4.23. The Kier molecular flexibility index (Phi) is 7.22. The first kappa shape index (κ1) is 26.2. The highest BCUT2D eigenvalue weighted by Gasteiger charge is 2.38. The molecule has 1 unspecified atom stereocenters. The molecule has 0 saturated heterocycles. The van der Waals surface area contributed by atoms with E-state index in [0.29, 0.717) is 36.4 Å². The zero-order chi connectivity index (χ0) is 26.1. The van der Waals surface area contributed by atoms with Crippen molar-refractivity contribution in [3.63, 3.8) is 0 Å². The molecule has 1 amide bonds. The van der Waals surface area contributed by atoms with Crippen molar-refractivity contribution in [3.8, 4) is 0 Å². The number of rotatable bonds is 6. The van der Waals surface area contributed by atoms with E-state index in [1.54, 1.807) is 0 Å². The summed E-state index contributed by atoms with van der Waals surface area (Å²) >= 11 is 0. The number of pyridine rings is 1. The minimum Gasteiger partial charge on any atom is -0.376 e. The van der Waals surface area contributed by atoms with Crippen molar-refractivity contribution in [1.82, 2.24) is 10.3 Å². The van der Waals surface area contributed by atoms with Gasteiger partial charge in [0.2, 0.25) is 0 Å². The molecule has 35 heavy (non-hydrogen) atoms. The van der Waals surface area contributed by atoms with Gasteiger partial charge in [-0.15, -0.1) is 0 Å². The van der Waals surface area contributed by atoms with Gasteiger partial charge in [0.1, 0.15) is 23.5 Å². The maximum Gasteiger partial charge on any atom is 0.416 e. The van der Waals surface area contributed by atoms with Crippen LogP contribution in [0.25, 0.3) is 0 Å². The van der Waals surface area contributed by atoms with Crippen molar-refractivity contribution in [1.29, 1.82) is 0 Å². The molecule has 0 bridgehead atoms. The van der Waals surface area contributed by atoms with E-state index in [-0.39, 0.29) is 16.8 Å². The molecule has 1 atom stereocenters. The van der Waals surface area contributed by atoms with Gasteiger partial charge in [-0.1, -0.05) is 0 Å². The number of nitrogens with zero attached hydrogens (tertiary/aromatic N) is 1. The fourth-order valence-electron chi connectivity index (χ4n) is 3.36. The highest BCUT2D eigenvalue weighted by atomic mass is 32.2. The molecule has 0 fully saturated rings. The monoisotopic (exact) mass is 518 g/mol. The lowest BCUT2D eigenvalue weighted by molar-refractivity contribution is -0.137. The third-order valence-corrected chi connectivity index (χ3v) is 7.11. The highest BCUT2D eigenvalue weighted by molar-refractivity contribution is 7.92. The zero-order valence-electron chi connectivity index (χ0n) is 17.7. The Balaban J connectivity index is 2.27. The van der Waals surface area contributed by atoms with Gasteiger partial charge < -0.3 is 10.4 Å². The van der Waals surface area contributed by atoms with Crippen LogP contribution in [-0.4, -0.2) is 31.1 Å². The lowest BCUT2D eigenvalue weighted by Gasteiger charge is -2.22. The van der Waals surface area contributed by atoms with Crippen LogP contribution in [-0.2, 0) is 16.0 Å². The Bertz CT molecular complexity index is 1380. The van der Waals surface area contributed by atoms with Crippen LogP contribution in [0, 0.1) is 24.4 Å². The number of halogens is 6. The summed E-state index contributed by atoms with van der Waals surface area (Å²) in [5.74, 6) is -5.64. The van der Waals surface area contributed by atoms with E-state index < -0.39 is 67.4 Å². The van der Waals surface area contributed by atoms with Crippen molar-refractivity contribution in [2.24, 2.45) is 0 Å². The lowest BCUT2D eigenvalue weighted by Crippen LogP contribution is -2.26. The summed E-state index contributed by atoms with van der Waals surface area (Å²) in [4.78, 5) is 15.0. The summed E-state index contributed by atoms with van der Waals surface area (Å²) in [7, 11) is -4.89. The minimum atomic E-state index is -4.89. The smallest absolute Gasteiger partial charge is 0.376 e. The molecule has 2 aromatic carbocycles. The molecular formula is C22H16F6N2O4S. The molecule has 0 aliphatic rings. The number of hydrogen-bond donors (Lipinski definition) is 2. The molecule has 2 N–H and O–H groups in total. The van der Waals surface area contributed by atoms with Gasteiger partial charge in [-0.2, -0.15) is 13.2 Å². The average molecular weight is 518 g/mol.